The smallest absolute Gasteiger partial charge is 0.0978 e. The lowest BCUT2D eigenvalue weighted by Crippen LogP contribution is -2.25. The van der Waals surface area contributed by atoms with Gasteiger partial charge in [0.2, 0.25) is 0 Å². The highest BCUT2D eigenvalue weighted by atomic mass is 16.5. The van der Waals surface area contributed by atoms with Gasteiger partial charge in [0, 0.05) is 27.1 Å². The zero-order valence-corrected chi connectivity index (χ0v) is 7.26. The number of ether oxygens (including phenoxy) is 1. The van der Waals surface area contributed by atoms with Gasteiger partial charge in [0.25, 0.3) is 0 Å². The summed E-state index contributed by atoms with van der Waals surface area (Å²) in [6, 6.07) is 0. The quantitative estimate of drug-likeness (QED) is 0.480. The second-order valence-corrected chi connectivity index (χ2v) is 3.18. The Balaban J connectivity index is 2.24. The van der Waals surface area contributed by atoms with Crippen LogP contribution in [-0.4, -0.2) is 37.5 Å². The molecule has 1 unspecified atom stereocenters. The zero-order valence-electron chi connectivity index (χ0n) is 7.26. The van der Waals surface area contributed by atoms with Crippen molar-refractivity contribution in [3.05, 3.63) is 0 Å². The summed E-state index contributed by atoms with van der Waals surface area (Å²) >= 11 is 0. The molecule has 0 saturated carbocycles. The van der Waals surface area contributed by atoms with Crippen LogP contribution in [0.3, 0.4) is 0 Å². The van der Waals surface area contributed by atoms with E-state index in [-0.39, 0.29) is 0 Å². The Morgan fingerprint density at radius 2 is 2.36 bits per heavy atom. The van der Waals surface area contributed by atoms with Crippen LogP contribution in [0.4, 0.5) is 0 Å². The van der Waals surface area contributed by atoms with Gasteiger partial charge in [-0.05, 0) is 12.8 Å². The Labute approximate surface area is 67.8 Å². The molecule has 1 rings (SSSR count). The van der Waals surface area contributed by atoms with E-state index in [1.54, 1.807) is 0 Å². The standard InChI is InChI=1S/C8H16N2O/c1-10(2)8(9)6-7-4-3-5-11-7/h7,9H,3-6H2,1-2H3. The summed E-state index contributed by atoms with van der Waals surface area (Å²) in [5.74, 6) is 0.664. The van der Waals surface area contributed by atoms with Crippen molar-refractivity contribution in [3.8, 4) is 0 Å². The van der Waals surface area contributed by atoms with E-state index >= 15 is 0 Å². The molecule has 3 nitrogen and oxygen atoms in total. The average molecular weight is 156 g/mol. The average Bonchev–Trinajstić information content (AvgIpc) is 2.39. The van der Waals surface area contributed by atoms with Gasteiger partial charge in [0.1, 0.15) is 0 Å². The first-order valence-electron chi connectivity index (χ1n) is 4.06. The number of amidine groups is 1. The third-order valence-electron chi connectivity index (χ3n) is 1.98. The summed E-state index contributed by atoms with van der Waals surface area (Å²) in [5.41, 5.74) is 0. The van der Waals surface area contributed by atoms with Gasteiger partial charge < -0.3 is 9.64 Å². The third kappa shape index (κ3) is 2.50. The summed E-state index contributed by atoms with van der Waals surface area (Å²) in [7, 11) is 3.80. The Hall–Kier alpha value is -0.570. The Kier molecular flexibility index (Phi) is 2.88. The molecule has 3 heteroatoms. The van der Waals surface area contributed by atoms with Crippen molar-refractivity contribution in [2.45, 2.75) is 25.4 Å². The molecule has 64 valence electrons. The molecule has 0 bridgehead atoms. The molecule has 11 heavy (non-hydrogen) atoms. The van der Waals surface area contributed by atoms with Crippen LogP contribution in [0.2, 0.25) is 0 Å². The molecule has 1 N–H and O–H groups in total. The van der Waals surface area contributed by atoms with Gasteiger partial charge in [-0.15, -0.1) is 0 Å². The van der Waals surface area contributed by atoms with E-state index in [4.69, 9.17) is 10.1 Å². The lowest BCUT2D eigenvalue weighted by molar-refractivity contribution is 0.115. The molecule has 0 amide bonds. The van der Waals surface area contributed by atoms with Crippen LogP contribution < -0.4 is 0 Å². The molecule has 0 aromatic rings. The van der Waals surface area contributed by atoms with Crippen molar-refractivity contribution < 1.29 is 4.74 Å². The fraction of sp³-hybridized carbons (Fsp3) is 0.875. The summed E-state index contributed by atoms with van der Waals surface area (Å²) in [6.07, 6.45) is 3.36. The molecule has 0 aromatic carbocycles. The first kappa shape index (κ1) is 8.53. The van der Waals surface area contributed by atoms with Gasteiger partial charge in [-0.1, -0.05) is 0 Å². The van der Waals surface area contributed by atoms with Gasteiger partial charge in [-0.3, -0.25) is 5.41 Å². The SMILES string of the molecule is CN(C)C(=N)CC1CCCO1. The van der Waals surface area contributed by atoms with Crippen LogP contribution in [0.5, 0.6) is 0 Å². The lowest BCUT2D eigenvalue weighted by atomic mass is 10.1. The van der Waals surface area contributed by atoms with Crippen LogP contribution in [0.1, 0.15) is 19.3 Å². The molecule has 0 radical (unpaired) electrons. The van der Waals surface area contributed by atoms with Gasteiger partial charge in [-0.25, -0.2) is 0 Å². The molecule has 1 heterocycles. The first-order valence-corrected chi connectivity index (χ1v) is 4.06. The maximum Gasteiger partial charge on any atom is 0.0978 e. The van der Waals surface area contributed by atoms with Gasteiger partial charge in [0.15, 0.2) is 0 Å². The van der Waals surface area contributed by atoms with Crippen molar-refractivity contribution >= 4 is 5.84 Å². The molecule has 0 aromatic heterocycles. The van der Waals surface area contributed by atoms with Crippen LogP contribution in [0.25, 0.3) is 0 Å². The molecule has 0 aliphatic carbocycles. The van der Waals surface area contributed by atoms with Gasteiger partial charge in [-0.2, -0.15) is 0 Å². The minimum absolute atomic E-state index is 0.310. The van der Waals surface area contributed by atoms with Gasteiger partial charge >= 0.3 is 0 Å². The number of nitrogens with one attached hydrogen (secondary N) is 1. The van der Waals surface area contributed by atoms with Crippen LogP contribution in [0.15, 0.2) is 0 Å². The summed E-state index contributed by atoms with van der Waals surface area (Å²) in [6.45, 7) is 0.880. The van der Waals surface area contributed by atoms with Crippen molar-refractivity contribution in [1.29, 1.82) is 5.41 Å². The van der Waals surface area contributed by atoms with E-state index in [2.05, 4.69) is 0 Å². The molecule has 1 aliphatic rings. The summed E-state index contributed by atoms with van der Waals surface area (Å²) < 4.78 is 5.41. The van der Waals surface area contributed by atoms with Crippen molar-refractivity contribution in [2.75, 3.05) is 20.7 Å². The molecular formula is C8H16N2O. The number of rotatable bonds is 2. The normalized spacial score (nSPS) is 23.6. The Morgan fingerprint density at radius 1 is 1.64 bits per heavy atom. The fourth-order valence-electron chi connectivity index (χ4n) is 1.20. The fourth-order valence-corrected chi connectivity index (χ4v) is 1.20. The molecule has 1 atom stereocenters. The van der Waals surface area contributed by atoms with E-state index in [0.29, 0.717) is 11.9 Å². The predicted octanol–water partition coefficient (Wildman–Crippen LogP) is 1.09. The zero-order chi connectivity index (χ0) is 8.27. The minimum atomic E-state index is 0.310. The van der Waals surface area contributed by atoms with Crippen molar-refractivity contribution in [1.82, 2.24) is 4.90 Å². The van der Waals surface area contributed by atoms with E-state index in [1.807, 2.05) is 19.0 Å². The molecule has 1 fully saturated rings. The lowest BCUT2D eigenvalue weighted by Gasteiger charge is -2.16. The maximum absolute atomic E-state index is 7.55. The Morgan fingerprint density at radius 3 is 2.82 bits per heavy atom. The number of hydrogen-bond donors (Lipinski definition) is 1. The van der Waals surface area contributed by atoms with E-state index in [9.17, 15) is 0 Å². The van der Waals surface area contributed by atoms with Crippen LogP contribution >= 0.6 is 0 Å². The largest absolute Gasteiger partial charge is 0.378 e. The highest BCUT2D eigenvalue weighted by Crippen LogP contribution is 2.15. The second kappa shape index (κ2) is 3.72. The minimum Gasteiger partial charge on any atom is -0.378 e. The van der Waals surface area contributed by atoms with E-state index in [1.165, 1.54) is 0 Å². The van der Waals surface area contributed by atoms with Gasteiger partial charge in [0.05, 0.1) is 11.9 Å². The molecule has 1 saturated heterocycles. The molecule has 1 aliphatic heterocycles. The summed E-state index contributed by atoms with van der Waals surface area (Å²) in [4.78, 5) is 1.84. The second-order valence-electron chi connectivity index (χ2n) is 3.18. The first-order chi connectivity index (χ1) is 5.20. The molecule has 0 spiro atoms. The monoisotopic (exact) mass is 156 g/mol. The molecular weight excluding hydrogens is 140 g/mol. The number of nitrogens with zero attached hydrogens (tertiary/aromatic N) is 1. The number of hydrogen-bond acceptors (Lipinski definition) is 2. The van der Waals surface area contributed by atoms with Crippen LogP contribution in [0, 0.1) is 5.41 Å². The van der Waals surface area contributed by atoms with E-state index < -0.39 is 0 Å². The topological polar surface area (TPSA) is 36.3 Å². The van der Waals surface area contributed by atoms with Crippen LogP contribution in [-0.2, 0) is 4.74 Å². The highest BCUT2D eigenvalue weighted by Gasteiger charge is 2.17. The summed E-state index contributed by atoms with van der Waals surface area (Å²) in [5, 5.41) is 7.55. The predicted molar refractivity (Wildman–Crippen MR) is 45.0 cm³/mol. The maximum atomic E-state index is 7.55. The third-order valence-corrected chi connectivity index (χ3v) is 1.98. The highest BCUT2D eigenvalue weighted by molar-refractivity contribution is 5.79. The van der Waals surface area contributed by atoms with E-state index in [0.717, 1.165) is 25.9 Å². The van der Waals surface area contributed by atoms with Crippen molar-refractivity contribution in [2.24, 2.45) is 0 Å². The van der Waals surface area contributed by atoms with Crippen molar-refractivity contribution in [3.63, 3.8) is 0 Å². The Bertz CT molecular complexity index is 139.